The molecule has 2 aromatic carbocycles. The Morgan fingerprint density at radius 1 is 1.17 bits per heavy atom. The Morgan fingerprint density at radius 2 is 2.00 bits per heavy atom. The smallest absolute Gasteiger partial charge is 0.174 e. The summed E-state index contributed by atoms with van der Waals surface area (Å²) in [5.74, 6) is 2.68. The van der Waals surface area contributed by atoms with Crippen LogP contribution in [-0.4, -0.2) is 48.3 Å². The molecule has 0 aliphatic carbocycles. The molecular formula is C28H28F4N2O2. The number of alkyl halides is 1. The molecule has 190 valence electrons. The second kappa shape index (κ2) is 11.7. The van der Waals surface area contributed by atoms with Crippen LogP contribution in [0.5, 0.6) is 5.75 Å². The molecule has 3 atom stereocenters. The molecule has 4 nitrogen and oxygen atoms in total. The molecule has 8 heteroatoms. The topological polar surface area (TPSA) is 45.6 Å². The van der Waals surface area contributed by atoms with Crippen LogP contribution in [0, 0.1) is 41.1 Å². The molecule has 0 spiro atoms. The molecule has 1 N–H and O–H groups in total. The van der Waals surface area contributed by atoms with E-state index >= 15 is 4.39 Å². The highest BCUT2D eigenvalue weighted by Gasteiger charge is 2.29. The number of pyridine rings is 1. The summed E-state index contributed by atoms with van der Waals surface area (Å²) in [5.41, 5.74) is 0.962. The van der Waals surface area contributed by atoms with Gasteiger partial charge in [-0.3, -0.25) is 9.88 Å². The van der Waals surface area contributed by atoms with Gasteiger partial charge in [0.25, 0.3) is 0 Å². The van der Waals surface area contributed by atoms with Gasteiger partial charge in [0.2, 0.25) is 0 Å². The van der Waals surface area contributed by atoms with Gasteiger partial charge in [0.15, 0.2) is 11.6 Å². The number of aliphatic hydroxyl groups excluding tert-OH is 1. The zero-order chi connectivity index (χ0) is 25.7. The first-order valence-electron chi connectivity index (χ1n) is 11.9. The first-order valence-corrected chi connectivity index (χ1v) is 11.9. The molecular weight excluding hydrogens is 472 g/mol. The molecule has 0 unspecified atom stereocenters. The van der Waals surface area contributed by atoms with Crippen LogP contribution in [0.3, 0.4) is 0 Å². The summed E-state index contributed by atoms with van der Waals surface area (Å²) >= 11 is 0. The van der Waals surface area contributed by atoms with Crippen LogP contribution in [-0.2, 0) is 0 Å². The van der Waals surface area contributed by atoms with Crippen molar-refractivity contribution in [1.82, 2.24) is 9.88 Å². The number of piperidine rings is 1. The van der Waals surface area contributed by atoms with Crippen LogP contribution in [0.2, 0.25) is 0 Å². The van der Waals surface area contributed by atoms with E-state index in [-0.39, 0.29) is 30.6 Å². The highest BCUT2D eigenvalue weighted by Crippen LogP contribution is 2.35. The zero-order valence-electron chi connectivity index (χ0n) is 20.0. The molecule has 0 radical (unpaired) electrons. The van der Waals surface area contributed by atoms with E-state index in [9.17, 15) is 18.3 Å². The van der Waals surface area contributed by atoms with E-state index in [4.69, 9.17) is 4.74 Å². The number of aliphatic hydroxyl groups is 1. The number of halogens is 4. The van der Waals surface area contributed by atoms with Crippen LogP contribution in [0.15, 0.2) is 42.6 Å². The van der Waals surface area contributed by atoms with Crippen molar-refractivity contribution in [3.63, 3.8) is 0 Å². The lowest BCUT2D eigenvalue weighted by Gasteiger charge is -2.37. The van der Waals surface area contributed by atoms with Gasteiger partial charge in [-0.15, -0.1) is 0 Å². The molecule has 1 saturated heterocycles. The summed E-state index contributed by atoms with van der Waals surface area (Å²) in [7, 11) is 1.57. The van der Waals surface area contributed by atoms with Crippen molar-refractivity contribution < 1.29 is 27.4 Å². The quantitative estimate of drug-likeness (QED) is 0.267. The first-order chi connectivity index (χ1) is 17.4. The Labute approximate surface area is 207 Å². The average Bonchev–Trinajstić information content (AvgIpc) is 2.89. The Hall–Kier alpha value is -3.15. The first kappa shape index (κ1) is 25.9. The van der Waals surface area contributed by atoms with E-state index in [1.165, 1.54) is 0 Å². The number of hydrogen-bond donors (Lipinski definition) is 1. The minimum absolute atomic E-state index is 0.0370. The molecule has 1 aliphatic heterocycles. The Balaban J connectivity index is 1.35. The van der Waals surface area contributed by atoms with Crippen molar-refractivity contribution in [2.45, 2.75) is 25.4 Å². The Bertz CT molecular complexity index is 1270. The van der Waals surface area contributed by atoms with E-state index in [0.717, 1.165) is 17.9 Å². The maximum Gasteiger partial charge on any atom is 0.174 e. The van der Waals surface area contributed by atoms with E-state index in [1.54, 1.807) is 31.5 Å². The lowest BCUT2D eigenvalue weighted by molar-refractivity contribution is 0.0708. The van der Waals surface area contributed by atoms with Crippen molar-refractivity contribution in [3.8, 4) is 17.6 Å². The number of likely N-dealkylation sites (tertiary alicyclic amines) is 1. The average molecular weight is 501 g/mol. The Morgan fingerprint density at radius 3 is 2.78 bits per heavy atom. The minimum atomic E-state index is -1.27. The van der Waals surface area contributed by atoms with Gasteiger partial charge in [0.1, 0.15) is 17.7 Å². The molecule has 4 rings (SSSR count). The highest BCUT2D eigenvalue weighted by molar-refractivity contribution is 5.83. The fraction of sp³-hybridized carbons (Fsp3) is 0.393. The SMILES string of the molecule is COc1ccc2nccc([C@@H](F)CC[C@@H]3CCN(CC#Cc4cc(F)cc(F)c4F)C[C@@H]3CO)c2c1. The van der Waals surface area contributed by atoms with E-state index in [1.807, 2.05) is 11.0 Å². The maximum absolute atomic E-state index is 15.3. The summed E-state index contributed by atoms with van der Waals surface area (Å²) in [4.78, 5) is 6.32. The van der Waals surface area contributed by atoms with Gasteiger partial charge < -0.3 is 9.84 Å². The predicted octanol–water partition coefficient (Wildman–Crippen LogP) is 5.43. The second-order valence-electron chi connectivity index (χ2n) is 9.11. The lowest BCUT2D eigenvalue weighted by Crippen LogP contribution is -2.42. The van der Waals surface area contributed by atoms with E-state index < -0.39 is 23.6 Å². The highest BCUT2D eigenvalue weighted by atomic mass is 19.2. The lowest BCUT2D eigenvalue weighted by atomic mass is 9.81. The predicted molar refractivity (Wildman–Crippen MR) is 130 cm³/mol. The van der Waals surface area contributed by atoms with Crippen LogP contribution in [0.1, 0.15) is 36.6 Å². The van der Waals surface area contributed by atoms with Crippen molar-refractivity contribution in [2.75, 3.05) is 33.4 Å². The van der Waals surface area contributed by atoms with Gasteiger partial charge in [-0.25, -0.2) is 17.6 Å². The van der Waals surface area contributed by atoms with Gasteiger partial charge in [-0.1, -0.05) is 11.8 Å². The molecule has 36 heavy (non-hydrogen) atoms. The third-order valence-corrected chi connectivity index (χ3v) is 6.84. The van der Waals surface area contributed by atoms with Crippen LogP contribution >= 0.6 is 0 Å². The van der Waals surface area contributed by atoms with Crippen molar-refractivity contribution in [1.29, 1.82) is 0 Å². The number of nitrogens with zero attached hydrogens (tertiary/aromatic N) is 2. The number of rotatable bonds is 7. The number of benzene rings is 2. The maximum atomic E-state index is 15.3. The number of hydrogen-bond acceptors (Lipinski definition) is 4. The van der Waals surface area contributed by atoms with Crippen LogP contribution in [0.4, 0.5) is 17.6 Å². The fourth-order valence-corrected chi connectivity index (χ4v) is 4.84. The summed E-state index contributed by atoms with van der Waals surface area (Å²) in [6.45, 7) is 1.48. The third kappa shape index (κ3) is 5.97. The molecule has 2 heterocycles. The monoisotopic (exact) mass is 500 g/mol. The molecule has 0 saturated carbocycles. The van der Waals surface area contributed by atoms with Gasteiger partial charge in [0, 0.05) is 30.8 Å². The van der Waals surface area contributed by atoms with Crippen molar-refractivity contribution in [3.05, 3.63) is 71.2 Å². The summed E-state index contributed by atoms with van der Waals surface area (Å²) < 4.78 is 61.1. The number of aromatic nitrogens is 1. The third-order valence-electron chi connectivity index (χ3n) is 6.84. The zero-order valence-corrected chi connectivity index (χ0v) is 20.0. The van der Waals surface area contributed by atoms with Gasteiger partial charge >= 0.3 is 0 Å². The fourth-order valence-electron chi connectivity index (χ4n) is 4.84. The number of fused-ring (bicyclic) bond motifs is 1. The van der Waals surface area contributed by atoms with Gasteiger partial charge in [0.05, 0.1) is 24.7 Å². The standard InChI is InChI=1S/C28H28F4N2O2/c1-36-22-5-7-27-24(15-22)23(8-10-33-27)25(30)6-4-18-9-12-34(16-20(18)17-35)11-2-3-19-13-21(29)14-26(31)28(19)32/h5,7-8,10,13-15,18,20,25,35H,4,6,9,11-12,16-17H2,1H3/t18-,20-,25+/m1/s1. The largest absolute Gasteiger partial charge is 0.497 e. The van der Waals surface area contributed by atoms with Crippen LogP contribution in [0.25, 0.3) is 10.9 Å². The van der Waals surface area contributed by atoms with E-state index in [2.05, 4.69) is 16.8 Å². The molecule has 1 aromatic heterocycles. The normalized spacial score (nSPS) is 19.1. The summed E-state index contributed by atoms with van der Waals surface area (Å²) in [5, 5.41) is 10.7. The minimum Gasteiger partial charge on any atom is -0.497 e. The van der Waals surface area contributed by atoms with Gasteiger partial charge in [-0.05, 0) is 73.5 Å². The number of ether oxygens (including phenoxy) is 1. The molecule has 1 aliphatic rings. The molecule has 3 aromatic rings. The molecule has 0 bridgehead atoms. The second-order valence-corrected chi connectivity index (χ2v) is 9.11. The van der Waals surface area contributed by atoms with E-state index in [0.29, 0.717) is 48.8 Å². The Kier molecular flexibility index (Phi) is 8.44. The summed E-state index contributed by atoms with van der Waals surface area (Å²) in [6, 6.07) is 8.44. The molecule has 1 fully saturated rings. The number of methoxy groups -OCH3 is 1. The molecule has 0 amide bonds. The summed E-state index contributed by atoms with van der Waals surface area (Å²) in [6.07, 6.45) is 2.13. The van der Waals surface area contributed by atoms with Gasteiger partial charge in [-0.2, -0.15) is 0 Å². The van der Waals surface area contributed by atoms with Crippen molar-refractivity contribution >= 4 is 10.9 Å². The van der Waals surface area contributed by atoms with Crippen molar-refractivity contribution in [2.24, 2.45) is 11.8 Å². The van der Waals surface area contributed by atoms with Crippen LogP contribution < -0.4 is 4.74 Å².